The molecule has 1 nitrogen and oxygen atoms in total. The van der Waals surface area contributed by atoms with Crippen molar-refractivity contribution in [3.05, 3.63) is 26.8 Å². The van der Waals surface area contributed by atoms with E-state index in [1.165, 1.54) is 15.7 Å². The topological polar surface area (TPSA) is 12.0 Å². The summed E-state index contributed by atoms with van der Waals surface area (Å²) in [5.74, 6) is 2.43. The van der Waals surface area contributed by atoms with E-state index in [1.54, 1.807) is 0 Å². The van der Waals surface area contributed by atoms with E-state index in [1.807, 2.05) is 17.8 Å². The maximum absolute atomic E-state index is 6.27. The second-order valence-electron chi connectivity index (χ2n) is 5.13. The Hall–Kier alpha value is 0.390. The Kier molecular flexibility index (Phi) is 4.53. The minimum atomic E-state index is 0.345. The van der Waals surface area contributed by atoms with Gasteiger partial charge >= 0.3 is 0 Å². The fourth-order valence-corrected chi connectivity index (χ4v) is 4.49. The van der Waals surface area contributed by atoms with Crippen molar-refractivity contribution in [3.8, 4) is 0 Å². The van der Waals surface area contributed by atoms with Gasteiger partial charge in [0.05, 0.1) is 10.7 Å². The fourth-order valence-electron chi connectivity index (χ4n) is 1.97. The first-order valence-electron chi connectivity index (χ1n) is 5.78. The average Bonchev–Trinajstić information content (AvgIpc) is 2.24. The van der Waals surface area contributed by atoms with Gasteiger partial charge < -0.3 is 5.32 Å². The van der Waals surface area contributed by atoms with Gasteiger partial charge in [0.15, 0.2) is 0 Å². The van der Waals surface area contributed by atoms with E-state index in [9.17, 15) is 0 Å². The van der Waals surface area contributed by atoms with Crippen LogP contribution in [0, 0.1) is 8.99 Å². The molecule has 1 saturated heterocycles. The Balaban J connectivity index is 2.14. The minimum Gasteiger partial charge on any atom is -0.380 e. The van der Waals surface area contributed by atoms with Crippen molar-refractivity contribution >= 4 is 51.6 Å². The SMILES string of the molecule is CC1(C)CCSCC1Nc1ccc(I)cc1Cl. The van der Waals surface area contributed by atoms with Crippen LogP contribution in [0.5, 0.6) is 0 Å². The lowest BCUT2D eigenvalue weighted by molar-refractivity contribution is 0.305. The zero-order chi connectivity index (χ0) is 12.5. The van der Waals surface area contributed by atoms with Crippen LogP contribution in [0.15, 0.2) is 18.2 Å². The van der Waals surface area contributed by atoms with Gasteiger partial charge in [0.2, 0.25) is 0 Å². The van der Waals surface area contributed by atoms with Crippen molar-refractivity contribution in [3.63, 3.8) is 0 Å². The molecule has 4 heteroatoms. The van der Waals surface area contributed by atoms with Gasteiger partial charge in [-0.05, 0) is 58.4 Å². The van der Waals surface area contributed by atoms with Gasteiger partial charge in [-0.1, -0.05) is 25.4 Å². The third-order valence-electron chi connectivity index (χ3n) is 3.38. The second kappa shape index (κ2) is 5.57. The maximum Gasteiger partial charge on any atom is 0.0648 e. The molecular formula is C13H17ClINS. The van der Waals surface area contributed by atoms with Gasteiger partial charge in [0, 0.05) is 15.4 Å². The van der Waals surface area contributed by atoms with Crippen LogP contribution in [-0.2, 0) is 0 Å². The first-order chi connectivity index (χ1) is 7.99. The fraction of sp³-hybridized carbons (Fsp3) is 0.538. The summed E-state index contributed by atoms with van der Waals surface area (Å²) in [4.78, 5) is 0. The Bertz CT molecular complexity index is 408. The summed E-state index contributed by atoms with van der Waals surface area (Å²) in [7, 11) is 0. The second-order valence-corrected chi connectivity index (χ2v) is 7.94. The summed E-state index contributed by atoms with van der Waals surface area (Å²) in [6.07, 6.45) is 1.26. The summed E-state index contributed by atoms with van der Waals surface area (Å²) in [6, 6.07) is 6.68. The first-order valence-corrected chi connectivity index (χ1v) is 8.39. The number of hydrogen-bond donors (Lipinski definition) is 1. The van der Waals surface area contributed by atoms with E-state index in [4.69, 9.17) is 11.6 Å². The molecule has 17 heavy (non-hydrogen) atoms. The molecule has 1 atom stereocenters. The third kappa shape index (κ3) is 3.44. The first kappa shape index (κ1) is 13.8. The molecule has 1 aromatic carbocycles. The van der Waals surface area contributed by atoms with Gasteiger partial charge in [0.1, 0.15) is 0 Å². The molecule has 94 valence electrons. The highest BCUT2D eigenvalue weighted by Crippen LogP contribution is 2.37. The lowest BCUT2D eigenvalue weighted by Gasteiger charge is -2.39. The number of nitrogens with one attached hydrogen (secondary N) is 1. The predicted molar refractivity (Wildman–Crippen MR) is 87.3 cm³/mol. The molecule has 1 N–H and O–H groups in total. The van der Waals surface area contributed by atoms with E-state index in [0.717, 1.165) is 16.5 Å². The number of halogens is 2. The Morgan fingerprint density at radius 3 is 2.88 bits per heavy atom. The number of anilines is 1. The summed E-state index contributed by atoms with van der Waals surface area (Å²) >= 11 is 10.6. The van der Waals surface area contributed by atoms with Crippen molar-refractivity contribution in [2.75, 3.05) is 16.8 Å². The molecule has 1 fully saturated rings. The quantitative estimate of drug-likeness (QED) is 0.732. The van der Waals surface area contributed by atoms with Crippen LogP contribution in [0.1, 0.15) is 20.3 Å². The number of benzene rings is 1. The van der Waals surface area contributed by atoms with Crippen molar-refractivity contribution < 1.29 is 0 Å². The van der Waals surface area contributed by atoms with Gasteiger partial charge in [-0.3, -0.25) is 0 Å². The molecule has 0 amide bonds. The number of thioether (sulfide) groups is 1. The van der Waals surface area contributed by atoms with Crippen LogP contribution in [0.3, 0.4) is 0 Å². The van der Waals surface area contributed by atoms with Crippen LogP contribution in [-0.4, -0.2) is 17.5 Å². The monoisotopic (exact) mass is 381 g/mol. The predicted octanol–water partition coefficient (Wildman–Crippen LogP) is 4.89. The molecule has 1 heterocycles. The summed E-state index contributed by atoms with van der Waals surface area (Å²) < 4.78 is 1.18. The molecule has 0 aliphatic carbocycles. The van der Waals surface area contributed by atoms with Crippen LogP contribution >= 0.6 is 46.0 Å². The van der Waals surface area contributed by atoms with Gasteiger partial charge in [-0.2, -0.15) is 11.8 Å². The van der Waals surface area contributed by atoms with E-state index >= 15 is 0 Å². The van der Waals surface area contributed by atoms with Gasteiger partial charge in [-0.25, -0.2) is 0 Å². The summed E-state index contributed by atoms with van der Waals surface area (Å²) in [6.45, 7) is 4.68. The standard InChI is InChI=1S/C13H17ClINS/c1-13(2)5-6-17-8-12(13)16-11-4-3-9(15)7-10(11)14/h3-4,7,12,16H,5-6,8H2,1-2H3. The lowest BCUT2D eigenvalue weighted by Crippen LogP contribution is -2.41. The Morgan fingerprint density at radius 2 is 2.24 bits per heavy atom. The van der Waals surface area contributed by atoms with Crippen LogP contribution < -0.4 is 5.32 Å². The molecule has 1 aromatic rings. The number of rotatable bonds is 2. The molecule has 0 saturated carbocycles. The molecule has 0 aromatic heterocycles. The normalized spacial score (nSPS) is 23.4. The molecule has 1 aliphatic heterocycles. The minimum absolute atomic E-state index is 0.345. The van der Waals surface area contributed by atoms with Crippen molar-refractivity contribution in [2.24, 2.45) is 5.41 Å². The average molecular weight is 382 g/mol. The molecule has 0 bridgehead atoms. The Labute approximate surface area is 126 Å². The van der Waals surface area contributed by atoms with Crippen LogP contribution in [0.2, 0.25) is 5.02 Å². The molecule has 2 rings (SSSR count). The molecule has 0 spiro atoms. The Morgan fingerprint density at radius 1 is 1.47 bits per heavy atom. The number of hydrogen-bond acceptors (Lipinski definition) is 2. The summed E-state index contributed by atoms with van der Waals surface area (Å²) in [5, 5.41) is 4.43. The van der Waals surface area contributed by atoms with Gasteiger partial charge in [-0.15, -0.1) is 0 Å². The highest BCUT2D eigenvalue weighted by atomic mass is 127. The van der Waals surface area contributed by atoms with Crippen molar-refractivity contribution in [1.82, 2.24) is 0 Å². The third-order valence-corrected chi connectivity index (χ3v) is 5.42. The smallest absolute Gasteiger partial charge is 0.0648 e. The highest BCUT2D eigenvalue weighted by molar-refractivity contribution is 14.1. The van der Waals surface area contributed by atoms with E-state index < -0.39 is 0 Å². The lowest BCUT2D eigenvalue weighted by atomic mass is 9.82. The zero-order valence-corrected chi connectivity index (χ0v) is 13.8. The molecular weight excluding hydrogens is 365 g/mol. The molecule has 0 radical (unpaired) electrons. The molecule has 1 unspecified atom stereocenters. The van der Waals surface area contributed by atoms with Gasteiger partial charge in [0.25, 0.3) is 0 Å². The van der Waals surface area contributed by atoms with Crippen molar-refractivity contribution in [2.45, 2.75) is 26.3 Å². The highest BCUT2D eigenvalue weighted by Gasteiger charge is 2.32. The molecule has 1 aliphatic rings. The van der Waals surface area contributed by atoms with E-state index in [-0.39, 0.29) is 0 Å². The summed E-state index contributed by atoms with van der Waals surface area (Å²) in [5.41, 5.74) is 1.41. The van der Waals surface area contributed by atoms with E-state index in [2.05, 4.69) is 53.9 Å². The maximum atomic E-state index is 6.27. The largest absolute Gasteiger partial charge is 0.380 e. The van der Waals surface area contributed by atoms with Crippen LogP contribution in [0.4, 0.5) is 5.69 Å². The van der Waals surface area contributed by atoms with Crippen LogP contribution in [0.25, 0.3) is 0 Å². The van der Waals surface area contributed by atoms with E-state index in [0.29, 0.717) is 11.5 Å². The zero-order valence-electron chi connectivity index (χ0n) is 10.1. The van der Waals surface area contributed by atoms with Crippen molar-refractivity contribution in [1.29, 1.82) is 0 Å².